The largest absolute Gasteiger partial charge is 0.493 e. The zero-order valence-electron chi connectivity index (χ0n) is 11.2. The summed E-state index contributed by atoms with van der Waals surface area (Å²) in [5, 5.41) is 13.9. The molecule has 1 unspecified atom stereocenters. The fraction of sp³-hybridized carbons (Fsp3) is 0.176. The second kappa shape index (κ2) is 5.13. The number of ether oxygens (including phenoxy) is 1. The number of aliphatic hydroxyl groups excluding tert-OH is 1. The van der Waals surface area contributed by atoms with E-state index in [4.69, 9.17) is 4.74 Å². The molecule has 4 heteroatoms. The molecule has 0 spiro atoms. The van der Waals surface area contributed by atoms with Crippen molar-refractivity contribution in [1.29, 1.82) is 0 Å². The average Bonchev–Trinajstić information content (AvgIpc) is 3.13. The highest BCUT2D eigenvalue weighted by molar-refractivity contribution is 9.10. The first-order valence-electron chi connectivity index (χ1n) is 6.83. The Balaban J connectivity index is 1.79. The molecule has 21 heavy (non-hydrogen) atoms. The van der Waals surface area contributed by atoms with Gasteiger partial charge in [0.05, 0.1) is 6.61 Å². The molecular formula is C17H13BrO2S. The number of hydrogen-bond donors (Lipinski definition) is 1. The van der Waals surface area contributed by atoms with Crippen LogP contribution < -0.4 is 4.74 Å². The van der Waals surface area contributed by atoms with Gasteiger partial charge in [0.1, 0.15) is 11.9 Å². The molecule has 0 saturated heterocycles. The number of hydrogen-bond acceptors (Lipinski definition) is 3. The number of aliphatic hydroxyl groups is 1. The third kappa shape index (κ3) is 2.18. The molecule has 1 aromatic heterocycles. The summed E-state index contributed by atoms with van der Waals surface area (Å²) in [6.07, 6.45) is 0.324. The normalized spacial score (nSPS) is 15.0. The van der Waals surface area contributed by atoms with E-state index in [-0.39, 0.29) is 0 Å². The van der Waals surface area contributed by atoms with Crippen LogP contribution in [0.4, 0.5) is 0 Å². The van der Waals surface area contributed by atoms with Gasteiger partial charge >= 0.3 is 0 Å². The Labute approximate surface area is 135 Å². The first-order chi connectivity index (χ1) is 10.2. The summed E-state index contributed by atoms with van der Waals surface area (Å²) in [5.41, 5.74) is 3.08. The molecule has 0 fully saturated rings. The highest BCUT2D eigenvalue weighted by atomic mass is 79.9. The fourth-order valence-electron chi connectivity index (χ4n) is 2.81. The smallest absolute Gasteiger partial charge is 0.122 e. The quantitative estimate of drug-likeness (QED) is 0.718. The van der Waals surface area contributed by atoms with Crippen LogP contribution in [0.25, 0.3) is 10.1 Å². The number of benzene rings is 2. The molecule has 106 valence electrons. The van der Waals surface area contributed by atoms with Gasteiger partial charge in [0.25, 0.3) is 0 Å². The van der Waals surface area contributed by atoms with Gasteiger partial charge in [0, 0.05) is 21.2 Å². The molecule has 4 rings (SSSR count). The van der Waals surface area contributed by atoms with Crippen LogP contribution in [0.1, 0.15) is 22.8 Å². The summed E-state index contributed by atoms with van der Waals surface area (Å²) in [5.74, 6) is 0.948. The van der Waals surface area contributed by atoms with Crippen LogP contribution in [-0.4, -0.2) is 11.7 Å². The van der Waals surface area contributed by atoms with Gasteiger partial charge in [-0.15, -0.1) is 11.3 Å². The molecular weight excluding hydrogens is 348 g/mol. The Kier molecular flexibility index (Phi) is 3.25. The minimum Gasteiger partial charge on any atom is -0.493 e. The Morgan fingerprint density at radius 1 is 1.24 bits per heavy atom. The predicted octanol–water partition coefficient (Wildman–Crippen LogP) is 4.68. The lowest BCUT2D eigenvalue weighted by Crippen LogP contribution is -1.99. The van der Waals surface area contributed by atoms with Crippen LogP contribution in [0.5, 0.6) is 5.75 Å². The van der Waals surface area contributed by atoms with Crippen molar-refractivity contribution in [3.63, 3.8) is 0 Å². The lowest BCUT2D eigenvalue weighted by molar-refractivity contribution is 0.222. The van der Waals surface area contributed by atoms with Gasteiger partial charge in [-0.3, -0.25) is 0 Å². The molecule has 3 aromatic rings. The van der Waals surface area contributed by atoms with Gasteiger partial charge < -0.3 is 9.84 Å². The van der Waals surface area contributed by atoms with Crippen LogP contribution in [0, 0.1) is 0 Å². The van der Waals surface area contributed by atoms with Crippen molar-refractivity contribution in [3.8, 4) is 5.75 Å². The van der Waals surface area contributed by atoms with Crippen molar-refractivity contribution in [2.24, 2.45) is 0 Å². The van der Waals surface area contributed by atoms with Crippen molar-refractivity contribution in [1.82, 2.24) is 0 Å². The second-order valence-corrected chi connectivity index (χ2v) is 6.91. The van der Waals surface area contributed by atoms with E-state index in [1.165, 1.54) is 10.3 Å². The molecule has 0 aliphatic carbocycles. The van der Waals surface area contributed by atoms with E-state index in [9.17, 15) is 5.11 Å². The molecule has 2 aromatic carbocycles. The van der Waals surface area contributed by atoms with Crippen LogP contribution in [0.15, 0.2) is 46.3 Å². The van der Waals surface area contributed by atoms with E-state index < -0.39 is 6.10 Å². The SMILES string of the molecule is OC(c1ccc2c(c1)CCO2)c1csc2c(Br)cccc12. The molecule has 1 N–H and O–H groups in total. The highest BCUT2D eigenvalue weighted by Crippen LogP contribution is 2.38. The van der Waals surface area contributed by atoms with E-state index >= 15 is 0 Å². The summed E-state index contributed by atoms with van der Waals surface area (Å²) in [7, 11) is 0. The summed E-state index contributed by atoms with van der Waals surface area (Å²) in [4.78, 5) is 0. The minimum absolute atomic E-state index is 0.598. The summed E-state index contributed by atoms with van der Waals surface area (Å²) >= 11 is 5.23. The molecule has 1 aliphatic heterocycles. The molecule has 0 amide bonds. The molecule has 0 radical (unpaired) electrons. The molecule has 2 heterocycles. The molecule has 1 aliphatic rings. The average molecular weight is 361 g/mol. The van der Waals surface area contributed by atoms with Gasteiger partial charge in [0.2, 0.25) is 0 Å². The van der Waals surface area contributed by atoms with Crippen molar-refractivity contribution in [2.45, 2.75) is 12.5 Å². The lowest BCUT2D eigenvalue weighted by atomic mass is 9.98. The van der Waals surface area contributed by atoms with E-state index in [1.807, 2.05) is 29.6 Å². The Hall–Kier alpha value is -1.36. The maximum atomic E-state index is 10.8. The van der Waals surface area contributed by atoms with Gasteiger partial charge in [-0.25, -0.2) is 0 Å². The maximum Gasteiger partial charge on any atom is 0.122 e. The van der Waals surface area contributed by atoms with E-state index in [0.29, 0.717) is 0 Å². The fourth-order valence-corrected chi connectivity index (χ4v) is 4.45. The number of rotatable bonds is 2. The van der Waals surface area contributed by atoms with E-state index in [1.54, 1.807) is 11.3 Å². The minimum atomic E-state index is -0.598. The molecule has 1 atom stereocenters. The van der Waals surface area contributed by atoms with Gasteiger partial charge in [0.15, 0.2) is 0 Å². The monoisotopic (exact) mass is 360 g/mol. The van der Waals surface area contributed by atoms with Crippen LogP contribution in [-0.2, 0) is 6.42 Å². The zero-order valence-corrected chi connectivity index (χ0v) is 13.6. The highest BCUT2D eigenvalue weighted by Gasteiger charge is 2.19. The van der Waals surface area contributed by atoms with Gasteiger partial charge in [-0.1, -0.05) is 18.2 Å². The second-order valence-electron chi connectivity index (χ2n) is 5.18. The van der Waals surface area contributed by atoms with Crippen molar-refractivity contribution in [2.75, 3.05) is 6.61 Å². The predicted molar refractivity (Wildman–Crippen MR) is 89.2 cm³/mol. The Morgan fingerprint density at radius 3 is 3.05 bits per heavy atom. The standard InChI is InChI=1S/C17H13BrO2S/c18-14-3-1-2-12-13(9-21-17(12)14)16(19)11-4-5-15-10(8-11)6-7-20-15/h1-5,8-9,16,19H,6-7H2. The van der Waals surface area contributed by atoms with Crippen LogP contribution in [0.2, 0.25) is 0 Å². The van der Waals surface area contributed by atoms with Crippen molar-refractivity contribution < 1.29 is 9.84 Å². The number of halogens is 1. The topological polar surface area (TPSA) is 29.5 Å². The third-order valence-electron chi connectivity index (χ3n) is 3.91. The van der Waals surface area contributed by atoms with Gasteiger partial charge in [-0.05, 0) is 56.0 Å². The molecule has 2 nitrogen and oxygen atoms in total. The number of fused-ring (bicyclic) bond motifs is 2. The summed E-state index contributed by atoms with van der Waals surface area (Å²) < 4.78 is 7.78. The lowest BCUT2D eigenvalue weighted by Gasteiger charge is -2.12. The summed E-state index contributed by atoms with van der Waals surface area (Å²) in [6.45, 7) is 0.739. The van der Waals surface area contributed by atoms with Crippen LogP contribution in [0.3, 0.4) is 0 Å². The first kappa shape index (κ1) is 13.3. The van der Waals surface area contributed by atoms with E-state index in [0.717, 1.165) is 39.8 Å². The third-order valence-corrected chi connectivity index (χ3v) is 5.88. The number of thiophene rings is 1. The van der Waals surface area contributed by atoms with Crippen molar-refractivity contribution in [3.05, 3.63) is 62.9 Å². The van der Waals surface area contributed by atoms with Gasteiger partial charge in [-0.2, -0.15) is 0 Å². The Morgan fingerprint density at radius 2 is 2.14 bits per heavy atom. The van der Waals surface area contributed by atoms with E-state index in [2.05, 4.69) is 28.1 Å². The molecule has 0 saturated carbocycles. The zero-order chi connectivity index (χ0) is 14.4. The molecule has 0 bridgehead atoms. The maximum absolute atomic E-state index is 10.8. The first-order valence-corrected chi connectivity index (χ1v) is 8.50. The Bertz CT molecular complexity index is 825. The van der Waals surface area contributed by atoms with Crippen molar-refractivity contribution >= 4 is 37.4 Å². The summed E-state index contributed by atoms with van der Waals surface area (Å²) in [6, 6.07) is 12.1. The van der Waals surface area contributed by atoms with Crippen LogP contribution >= 0.6 is 27.3 Å².